The van der Waals surface area contributed by atoms with E-state index in [1.165, 1.54) is 0 Å². The number of thioether (sulfide) groups is 1. The zero-order valence-electron chi connectivity index (χ0n) is 7.27. The molecule has 0 bridgehead atoms. The van der Waals surface area contributed by atoms with Gasteiger partial charge in [-0.2, -0.15) is 10.2 Å². The maximum absolute atomic E-state index is 9.62. The Labute approximate surface area is 81.4 Å². The number of nitrogens with zero attached hydrogens (tertiary/aromatic N) is 2. The average molecular weight is 204 g/mol. The van der Waals surface area contributed by atoms with Crippen LogP contribution in [0.15, 0.2) is 5.18 Å². The van der Waals surface area contributed by atoms with Crippen molar-refractivity contribution in [1.82, 2.24) is 0 Å². The molecule has 0 aliphatic heterocycles. The summed E-state index contributed by atoms with van der Waals surface area (Å²) in [5.74, 6) is 0.673. The van der Waals surface area contributed by atoms with Crippen LogP contribution in [0.2, 0.25) is 0 Å². The third-order valence-corrected chi connectivity index (χ3v) is 1.59. The Morgan fingerprint density at radius 3 is 2.54 bits per heavy atom. The van der Waals surface area contributed by atoms with Crippen LogP contribution < -0.4 is 0 Å². The van der Waals surface area contributed by atoms with Gasteiger partial charge in [0.1, 0.15) is 11.9 Å². The van der Waals surface area contributed by atoms with Crippen molar-refractivity contribution in [2.45, 2.75) is 0 Å². The second kappa shape index (κ2) is 11.4. The molecule has 0 N–H and O–H groups in total. The highest BCUT2D eigenvalue weighted by Gasteiger charge is 1.90. The number of thiocyanates is 1. The molecule has 5 nitrogen and oxygen atoms in total. The quantitative estimate of drug-likeness (QED) is 0.318. The summed E-state index contributed by atoms with van der Waals surface area (Å²) in [5.41, 5.74) is 0. The molecule has 74 valence electrons. The summed E-state index contributed by atoms with van der Waals surface area (Å²) in [6.07, 6.45) is 0. The number of hydrogen-bond donors (Lipinski definition) is 0. The number of rotatable bonds is 9. The Bertz CT molecular complexity index is 160. The predicted molar refractivity (Wildman–Crippen MR) is 50.4 cm³/mol. The SMILES string of the molecule is N#CSCCOCCOCCN=O. The number of hydrogen-bond acceptors (Lipinski definition) is 6. The smallest absolute Gasteiger partial charge is 0.133 e. The first-order valence-electron chi connectivity index (χ1n) is 3.87. The van der Waals surface area contributed by atoms with Crippen LogP contribution in [0, 0.1) is 15.6 Å². The van der Waals surface area contributed by atoms with Crippen molar-refractivity contribution in [3.05, 3.63) is 4.91 Å². The van der Waals surface area contributed by atoms with Crippen molar-refractivity contribution >= 4 is 11.8 Å². The van der Waals surface area contributed by atoms with Crippen molar-refractivity contribution in [1.29, 1.82) is 5.26 Å². The number of ether oxygens (including phenoxy) is 2. The van der Waals surface area contributed by atoms with Gasteiger partial charge in [0.05, 0.1) is 26.4 Å². The van der Waals surface area contributed by atoms with Crippen LogP contribution >= 0.6 is 11.8 Å². The van der Waals surface area contributed by atoms with Crippen LogP contribution in [0.25, 0.3) is 0 Å². The van der Waals surface area contributed by atoms with E-state index < -0.39 is 0 Å². The molecule has 6 heteroatoms. The second-order valence-electron chi connectivity index (χ2n) is 2.02. The summed E-state index contributed by atoms with van der Waals surface area (Å²) in [6.45, 7) is 2.04. The maximum atomic E-state index is 9.62. The Morgan fingerprint density at radius 2 is 1.92 bits per heavy atom. The van der Waals surface area contributed by atoms with Gasteiger partial charge in [-0.15, -0.1) is 0 Å². The Kier molecular flexibility index (Phi) is 10.8. The topological polar surface area (TPSA) is 71.7 Å². The second-order valence-corrected chi connectivity index (χ2v) is 2.90. The van der Waals surface area contributed by atoms with Crippen LogP contribution in [0.5, 0.6) is 0 Å². The molecule has 0 saturated heterocycles. The fourth-order valence-electron chi connectivity index (χ4n) is 0.570. The minimum atomic E-state index is 0.185. The Hall–Kier alpha value is -0.640. The lowest BCUT2D eigenvalue weighted by Crippen LogP contribution is -2.08. The van der Waals surface area contributed by atoms with Gasteiger partial charge in [-0.1, -0.05) is 5.18 Å². The first-order chi connectivity index (χ1) is 6.41. The lowest BCUT2D eigenvalue weighted by molar-refractivity contribution is 0.0571. The van der Waals surface area contributed by atoms with Crippen molar-refractivity contribution in [3.8, 4) is 5.40 Å². The molecule has 0 aliphatic rings. The zero-order valence-corrected chi connectivity index (χ0v) is 8.09. The lowest BCUT2D eigenvalue weighted by Gasteiger charge is -2.02. The third-order valence-electron chi connectivity index (χ3n) is 1.09. The third kappa shape index (κ3) is 11.4. The first-order valence-corrected chi connectivity index (χ1v) is 4.86. The molecule has 0 radical (unpaired) electrons. The number of nitroso groups, excluding NO2 is 1. The molecule has 0 atom stereocenters. The molecule has 13 heavy (non-hydrogen) atoms. The molecule has 0 amide bonds. The van der Waals surface area contributed by atoms with Crippen molar-refractivity contribution in [2.75, 3.05) is 38.7 Å². The van der Waals surface area contributed by atoms with Gasteiger partial charge < -0.3 is 9.47 Å². The molecule has 0 fully saturated rings. The van der Waals surface area contributed by atoms with Crippen LogP contribution in [0.3, 0.4) is 0 Å². The molecular formula is C7H12N2O3S. The molecule has 0 heterocycles. The van der Waals surface area contributed by atoms with Gasteiger partial charge in [-0.25, -0.2) is 0 Å². The largest absolute Gasteiger partial charge is 0.378 e. The molecular weight excluding hydrogens is 192 g/mol. The standard InChI is InChI=1S/C7H12N2O3S/c8-7-13-6-5-12-4-3-11-2-1-9-10/h1-6H2. The van der Waals surface area contributed by atoms with Crippen LogP contribution in [-0.4, -0.2) is 38.7 Å². The van der Waals surface area contributed by atoms with Gasteiger partial charge in [0.15, 0.2) is 0 Å². The molecule has 0 aromatic carbocycles. The van der Waals surface area contributed by atoms with Gasteiger partial charge >= 0.3 is 0 Å². The highest BCUT2D eigenvalue weighted by Crippen LogP contribution is 1.94. The average Bonchev–Trinajstić information content (AvgIpc) is 2.16. The summed E-state index contributed by atoms with van der Waals surface area (Å²) in [7, 11) is 0. The van der Waals surface area contributed by atoms with Gasteiger partial charge in [-0.05, 0) is 11.8 Å². The van der Waals surface area contributed by atoms with E-state index >= 15 is 0 Å². The first kappa shape index (κ1) is 12.4. The summed E-state index contributed by atoms with van der Waals surface area (Å²) in [5, 5.41) is 12.7. The molecule has 0 spiro atoms. The molecule has 0 unspecified atom stereocenters. The molecule has 0 aromatic heterocycles. The van der Waals surface area contributed by atoms with E-state index in [4.69, 9.17) is 14.7 Å². The van der Waals surface area contributed by atoms with E-state index in [2.05, 4.69) is 5.18 Å². The van der Waals surface area contributed by atoms with Gasteiger partial charge in [0.25, 0.3) is 0 Å². The predicted octanol–water partition coefficient (Wildman–Crippen LogP) is 1.00. The van der Waals surface area contributed by atoms with Crippen molar-refractivity contribution in [3.63, 3.8) is 0 Å². The summed E-state index contributed by atoms with van der Waals surface area (Å²) in [6, 6.07) is 0. The van der Waals surface area contributed by atoms with Gasteiger partial charge in [0, 0.05) is 5.75 Å². The van der Waals surface area contributed by atoms with E-state index in [1.54, 1.807) is 0 Å². The molecule has 0 aliphatic carbocycles. The summed E-state index contributed by atoms with van der Waals surface area (Å²) < 4.78 is 10.1. The highest BCUT2D eigenvalue weighted by molar-refractivity contribution is 8.03. The summed E-state index contributed by atoms with van der Waals surface area (Å²) in [4.78, 5) is 9.62. The van der Waals surface area contributed by atoms with E-state index in [-0.39, 0.29) is 6.54 Å². The Balaban J connectivity index is 2.84. The number of nitriles is 1. The van der Waals surface area contributed by atoms with Crippen LogP contribution in [-0.2, 0) is 9.47 Å². The monoisotopic (exact) mass is 204 g/mol. The summed E-state index contributed by atoms with van der Waals surface area (Å²) >= 11 is 1.16. The van der Waals surface area contributed by atoms with E-state index in [9.17, 15) is 4.91 Å². The van der Waals surface area contributed by atoms with E-state index in [0.29, 0.717) is 32.2 Å². The van der Waals surface area contributed by atoms with Crippen molar-refractivity contribution < 1.29 is 9.47 Å². The highest BCUT2D eigenvalue weighted by atomic mass is 32.2. The van der Waals surface area contributed by atoms with Crippen LogP contribution in [0.1, 0.15) is 0 Å². The normalized spacial score (nSPS) is 9.46. The minimum absolute atomic E-state index is 0.185. The minimum Gasteiger partial charge on any atom is -0.378 e. The zero-order chi connectivity index (χ0) is 9.78. The van der Waals surface area contributed by atoms with Crippen molar-refractivity contribution in [2.24, 2.45) is 5.18 Å². The molecule has 0 rings (SSSR count). The van der Waals surface area contributed by atoms with Gasteiger partial charge in [-0.3, -0.25) is 0 Å². The van der Waals surface area contributed by atoms with Gasteiger partial charge in [0.2, 0.25) is 0 Å². The Morgan fingerprint density at radius 1 is 1.23 bits per heavy atom. The van der Waals surface area contributed by atoms with E-state index in [1.807, 2.05) is 5.40 Å². The fraction of sp³-hybridized carbons (Fsp3) is 0.857. The lowest BCUT2D eigenvalue weighted by atomic mass is 10.7. The molecule has 0 aromatic rings. The van der Waals surface area contributed by atoms with E-state index in [0.717, 1.165) is 11.8 Å². The fourth-order valence-corrected chi connectivity index (χ4v) is 0.863. The van der Waals surface area contributed by atoms with Crippen LogP contribution in [0.4, 0.5) is 0 Å². The maximum Gasteiger partial charge on any atom is 0.133 e. The molecule has 0 saturated carbocycles.